The van der Waals surface area contributed by atoms with Gasteiger partial charge in [-0.3, -0.25) is 9.89 Å². The second kappa shape index (κ2) is 7.72. The molecule has 8 heteroatoms. The number of H-pyrrole nitrogens is 1. The SMILES string of the molecule is CN(Cc1cnn(-c2ccccc2)c1)C(=O)c1n[nH]c2c1CNCC2.Cl. The van der Waals surface area contributed by atoms with Crippen LogP contribution in [0.1, 0.15) is 27.3 Å². The van der Waals surface area contributed by atoms with E-state index in [1.165, 1.54) is 0 Å². The van der Waals surface area contributed by atoms with E-state index in [4.69, 9.17) is 0 Å². The highest BCUT2D eigenvalue weighted by Gasteiger charge is 2.24. The average molecular weight is 373 g/mol. The zero-order valence-corrected chi connectivity index (χ0v) is 15.3. The van der Waals surface area contributed by atoms with Crippen molar-refractivity contribution in [2.24, 2.45) is 0 Å². The van der Waals surface area contributed by atoms with Crippen LogP contribution in [0.25, 0.3) is 5.69 Å². The molecule has 1 amide bonds. The molecule has 0 bridgehead atoms. The Hall–Kier alpha value is -2.64. The van der Waals surface area contributed by atoms with Gasteiger partial charge in [0.1, 0.15) is 0 Å². The molecule has 0 unspecified atom stereocenters. The summed E-state index contributed by atoms with van der Waals surface area (Å²) in [5.74, 6) is -0.0753. The Morgan fingerprint density at radius 2 is 2.12 bits per heavy atom. The summed E-state index contributed by atoms with van der Waals surface area (Å²) in [6.45, 7) is 2.09. The Kier molecular flexibility index (Phi) is 5.39. The molecule has 1 aromatic carbocycles. The highest BCUT2D eigenvalue weighted by Crippen LogP contribution is 2.17. The van der Waals surface area contributed by atoms with Gasteiger partial charge < -0.3 is 10.2 Å². The van der Waals surface area contributed by atoms with E-state index in [0.717, 1.165) is 35.5 Å². The van der Waals surface area contributed by atoms with E-state index in [9.17, 15) is 4.79 Å². The molecule has 0 radical (unpaired) electrons. The first-order chi connectivity index (χ1) is 12.2. The van der Waals surface area contributed by atoms with Gasteiger partial charge in [-0.25, -0.2) is 4.68 Å². The molecule has 7 nitrogen and oxygen atoms in total. The van der Waals surface area contributed by atoms with Crippen LogP contribution in [0.15, 0.2) is 42.7 Å². The van der Waals surface area contributed by atoms with Gasteiger partial charge in [-0.15, -0.1) is 12.4 Å². The van der Waals surface area contributed by atoms with Crippen LogP contribution in [-0.2, 0) is 19.5 Å². The van der Waals surface area contributed by atoms with Gasteiger partial charge in [0.2, 0.25) is 0 Å². The molecule has 3 heterocycles. The minimum Gasteiger partial charge on any atom is -0.336 e. The van der Waals surface area contributed by atoms with Crippen LogP contribution in [-0.4, -0.2) is 44.4 Å². The predicted octanol–water partition coefficient (Wildman–Crippen LogP) is 1.94. The number of aromatic nitrogens is 4. The molecule has 0 saturated heterocycles. The number of nitrogens with zero attached hydrogens (tertiary/aromatic N) is 4. The molecule has 2 N–H and O–H groups in total. The number of aromatic amines is 1. The molecule has 0 aliphatic carbocycles. The van der Waals surface area contributed by atoms with Crippen LogP contribution in [0.2, 0.25) is 0 Å². The molecule has 0 spiro atoms. The van der Waals surface area contributed by atoms with Crippen molar-refractivity contribution in [1.82, 2.24) is 30.2 Å². The van der Waals surface area contributed by atoms with Crippen LogP contribution in [0, 0.1) is 0 Å². The third-order valence-electron chi connectivity index (χ3n) is 4.43. The van der Waals surface area contributed by atoms with Gasteiger partial charge >= 0.3 is 0 Å². The average Bonchev–Trinajstić information content (AvgIpc) is 3.29. The van der Waals surface area contributed by atoms with Crippen molar-refractivity contribution in [1.29, 1.82) is 0 Å². The van der Waals surface area contributed by atoms with Crippen molar-refractivity contribution in [3.05, 3.63) is 65.2 Å². The lowest BCUT2D eigenvalue weighted by Gasteiger charge is -2.17. The maximum atomic E-state index is 12.7. The van der Waals surface area contributed by atoms with E-state index in [-0.39, 0.29) is 18.3 Å². The predicted molar refractivity (Wildman–Crippen MR) is 101 cm³/mol. The number of para-hydroxylation sites is 1. The van der Waals surface area contributed by atoms with Crippen molar-refractivity contribution in [2.45, 2.75) is 19.5 Å². The lowest BCUT2D eigenvalue weighted by Crippen LogP contribution is -2.29. The summed E-state index contributed by atoms with van der Waals surface area (Å²) < 4.78 is 1.81. The number of carbonyl (C=O) groups is 1. The molecule has 4 rings (SSSR count). The first kappa shape index (κ1) is 18.2. The zero-order valence-electron chi connectivity index (χ0n) is 14.5. The number of fused-ring (bicyclic) bond motifs is 1. The fourth-order valence-corrected chi connectivity index (χ4v) is 3.09. The minimum absolute atomic E-state index is 0. The molecule has 1 aliphatic heterocycles. The second-order valence-electron chi connectivity index (χ2n) is 6.25. The number of benzene rings is 1. The van der Waals surface area contributed by atoms with Gasteiger partial charge in [0.05, 0.1) is 11.9 Å². The van der Waals surface area contributed by atoms with E-state index in [0.29, 0.717) is 18.8 Å². The summed E-state index contributed by atoms with van der Waals surface area (Å²) in [4.78, 5) is 14.4. The molecule has 1 aliphatic rings. The van der Waals surface area contributed by atoms with E-state index < -0.39 is 0 Å². The summed E-state index contributed by atoms with van der Waals surface area (Å²) in [6.07, 6.45) is 4.61. The van der Waals surface area contributed by atoms with E-state index in [1.54, 1.807) is 18.1 Å². The summed E-state index contributed by atoms with van der Waals surface area (Å²) in [5, 5.41) is 14.9. The first-order valence-corrected chi connectivity index (χ1v) is 8.33. The normalized spacial score (nSPS) is 13.0. The Bertz CT molecular complexity index is 888. The lowest BCUT2D eigenvalue weighted by molar-refractivity contribution is 0.0778. The summed E-state index contributed by atoms with van der Waals surface area (Å²) in [6, 6.07) is 9.91. The van der Waals surface area contributed by atoms with Crippen molar-refractivity contribution in [3.63, 3.8) is 0 Å². The highest BCUT2D eigenvalue weighted by molar-refractivity contribution is 5.93. The van der Waals surface area contributed by atoms with Gasteiger partial charge in [-0.2, -0.15) is 10.2 Å². The van der Waals surface area contributed by atoms with Crippen LogP contribution in [0.3, 0.4) is 0 Å². The lowest BCUT2D eigenvalue weighted by atomic mass is 10.1. The molecule has 0 saturated carbocycles. The maximum Gasteiger partial charge on any atom is 0.274 e. The van der Waals surface area contributed by atoms with Crippen LogP contribution in [0.4, 0.5) is 0 Å². The van der Waals surface area contributed by atoms with Crippen molar-refractivity contribution < 1.29 is 4.79 Å². The molecule has 136 valence electrons. The number of nitrogens with one attached hydrogen (secondary N) is 2. The third kappa shape index (κ3) is 3.49. The van der Waals surface area contributed by atoms with Crippen molar-refractivity contribution in [3.8, 4) is 5.69 Å². The fraction of sp³-hybridized carbons (Fsp3) is 0.278. The number of rotatable bonds is 4. The van der Waals surface area contributed by atoms with Gasteiger partial charge in [0.25, 0.3) is 5.91 Å². The number of amides is 1. The standard InChI is InChI=1S/C18H20N6O.ClH/c1-23(18(25)17-15-10-19-8-7-16(15)21-22-17)11-13-9-20-24(12-13)14-5-3-2-4-6-14;/h2-6,9,12,19H,7-8,10-11H2,1H3,(H,21,22);1H. The molecular formula is C18H21ClN6O. The van der Waals surface area contributed by atoms with E-state index in [2.05, 4.69) is 20.6 Å². The number of carbonyl (C=O) groups excluding carboxylic acids is 1. The van der Waals surface area contributed by atoms with Crippen LogP contribution in [0.5, 0.6) is 0 Å². The number of hydrogen-bond acceptors (Lipinski definition) is 4. The Balaban J connectivity index is 0.00000196. The van der Waals surface area contributed by atoms with Crippen LogP contribution >= 0.6 is 12.4 Å². The summed E-state index contributed by atoms with van der Waals surface area (Å²) >= 11 is 0. The van der Waals surface area contributed by atoms with Crippen molar-refractivity contribution >= 4 is 18.3 Å². The summed E-state index contributed by atoms with van der Waals surface area (Å²) in [5.41, 5.74) is 4.54. The Morgan fingerprint density at radius 3 is 2.92 bits per heavy atom. The number of hydrogen-bond donors (Lipinski definition) is 2. The molecule has 2 aromatic heterocycles. The summed E-state index contributed by atoms with van der Waals surface area (Å²) in [7, 11) is 1.79. The fourth-order valence-electron chi connectivity index (χ4n) is 3.09. The minimum atomic E-state index is -0.0753. The monoisotopic (exact) mass is 372 g/mol. The van der Waals surface area contributed by atoms with Gasteiger partial charge in [-0.1, -0.05) is 18.2 Å². The largest absolute Gasteiger partial charge is 0.336 e. The maximum absolute atomic E-state index is 12.7. The van der Waals surface area contributed by atoms with Crippen molar-refractivity contribution in [2.75, 3.05) is 13.6 Å². The van der Waals surface area contributed by atoms with Crippen LogP contribution < -0.4 is 5.32 Å². The topological polar surface area (TPSA) is 78.8 Å². The zero-order chi connectivity index (χ0) is 17.2. The third-order valence-corrected chi connectivity index (χ3v) is 4.43. The first-order valence-electron chi connectivity index (χ1n) is 8.33. The Morgan fingerprint density at radius 1 is 1.31 bits per heavy atom. The van der Waals surface area contributed by atoms with Gasteiger partial charge in [0, 0.05) is 56.1 Å². The highest BCUT2D eigenvalue weighted by atomic mass is 35.5. The number of halogens is 1. The van der Waals surface area contributed by atoms with Gasteiger partial charge in [0.15, 0.2) is 5.69 Å². The van der Waals surface area contributed by atoms with Gasteiger partial charge in [-0.05, 0) is 12.1 Å². The second-order valence-corrected chi connectivity index (χ2v) is 6.25. The smallest absolute Gasteiger partial charge is 0.274 e. The molecule has 26 heavy (non-hydrogen) atoms. The molecule has 0 fully saturated rings. The molecule has 3 aromatic rings. The van der Waals surface area contributed by atoms with E-state index in [1.807, 2.05) is 41.2 Å². The quantitative estimate of drug-likeness (QED) is 0.733. The molecular weight excluding hydrogens is 352 g/mol. The van der Waals surface area contributed by atoms with E-state index >= 15 is 0 Å². The Labute approximate surface area is 157 Å². The molecule has 0 atom stereocenters.